The molecule has 30 heavy (non-hydrogen) atoms. The largest absolute Gasteiger partial charge is 0.397 e. The van der Waals surface area contributed by atoms with E-state index in [0.717, 1.165) is 32.9 Å². The smallest absolute Gasteiger partial charge is 0.370 e. The van der Waals surface area contributed by atoms with E-state index in [9.17, 15) is 13.2 Å². The first-order chi connectivity index (χ1) is 14.2. The van der Waals surface area contributed by atoms with Crippen LogP contribution in [0.3, 0.4) is 0 Å². The standard InChI is InChI=1S/C18H35NO.C3H9N.CH4O4S/c1-2-3-4-5-6-7-8-9-10-11-12-13-14-15-16-17-18(19)20;1-2-3-4;1-5-6(2,3)4/h9-10H,2-8,11-17H2,1H3,(H2,19,20);2-4H2,1H3;1H3,(H,2,3,4)/b10-9-;;. The summed E-state index contributed by atoms with van der Waals surface area (Å²) < 4.78 is 29.7. The minimum Gasteiger partial charge on any atom is -0.370 e. The molecule has 0 saturated carbocycles. The Morgan fingerprint density at radius 3 is 1.53 bits per heavy atom. The number of primary amides is 1. The maximum absolute atomic E-state index is 10.5. The average molecular weight is 453 g/mol. The number of hydrogen-bond donors (Lipinski definition) is 3. The number of carbonyl (C=O) groups excluding carboxylic acids is 1. The lowest BCUT2D eigenvalue weighted by Crippen LogP contribution is -2.09. The lowest BCUT2D eigenvalue weighted by molar-refractivity contribution is -0.118. The molecule has 0 fully saturated rings. The summed E-state index contributed by atoms with van der Waals surface area (Å²) in [5.74, 6) is -0.164. The molecule has 1 amide bonds. The molecular weight excluding hydrogens is 404 g/mol. The molecule has 8 heteroatoms. The summed E-state index contributed by atoms with van der Waals surface area (Å²) >= 11 is 0. The van der Waals surface area contributed by atoms with Crippen LogP contribution < -0.4 is 11.5 Å². The zero-order chi connectivity index (χ0) is 23.5. The van der Waals surface area contributed by atoms with Crippen LogP contribution in [0, 0.1) is 0 Å². The van der Waals surface area contributed by atoms with Crippen molar-refractivity contribution in [3.05, 3.63) is 12.2 Å². The van der Waals surface area contributed by atoms with Crippen molar-refractivity contribution in [1.29, 1.82) is 0 Å². The molecule has 0 radical (unpaired) electrons. The highest BCUT2D eigenvalue weighted by atomic mass is 32.3. The summed E-state index contributed by atoms with van der Waals surface area (Å²) in [7, 11) is -3.29. The van der Waals surface area contributed by atoms with Crippen molar-refractivity contribution in [1.82, 2.24) is 0 Å². The number of amides is 1. The number of nitrogens with two attached hydrogens (primary N) is 2. The van der Waals surface area contributed by atoms with Crippen molar-refractivity contribution in [3.63, 3.8) is 0 Å². The van der Waals surface area contributed by atoms with Crippen LogP contribution in [-0.4, -0.2) is 32.5 Å². The molecule has 0 aliphatic heterocycles. The van der Waals surface area contributed by atoms with Gasteiger partial charge in [-0.1, -0.05) is 77.4 Å². The first kappa shape index (κ1) is 33.7. The molecule has 0 aromatic carbocycles. The molecule has 0 rings (SSSR count). The molecule has 7 nitrogen and oxygen atoms in total. The van der Waals surface area contributed by atoms with Gasteiger partial charge in [0.25, 0.3) is 0 Å². The van der Waals surface area contributed by atoms with Crippen LogP contribution in [0.4, 0.5) is 0 Å². The van der Waals surface area contributed by atoms with Crippen LogP contribution >= 0.6 is 0 Å². The summed E-state index contributed by atoms with van der Waals surface area (Å²) in [4.78, 5) is 10.5. The fourth-order valence-electron chi connectivity index (χ4n) is 2.37. The number of carbonyl (C=O) groups is 1. The SMILES string of the molecule is CCCCCCCC/C=C\CCCCCCCC(N)=O.CCCN.COS(=O)(=O)O. The summed E-state index contributed by atoms with van der Waals surface area (Å²) in [6, 6.07) is 0. The Labute approximate surface area is 186 Å². The number of allylic oxidation sites excluding steroid dienone is 2. The van der Waals surface area contributed by atoms with E-state index in [0.29, 0.717) is 6.42 Å². The molecular formula is C22H48N2O5S. The van der Waals surface area contributed by atoms with Gasteiger partial charge < -0.3 is 11.5 Å². The summed E-state index contributed by atoms with van der Waals surface area (Å²) in [5, 5.41) is 0. The molecule has 0 unspecified atom stereocenters. The van der Waals surface area contributed by atoms with Crippen molar-refractivity contribution in [3.8, 4) is 0 Å². The molecule has 0 aromatic rings. The Balaban J connectivity index is -0.000000600. The highest BCUT2D eigenvalue weighted by molar-refractivity contribution is 7.80. The maximum atomic E-state index is 10.5. The first-order valence-corrected chi connectivity index (χ1v) is 12.8. The van der Waals surface area contributed by atoms with Crippen molar-refractivity contribution in [2.75, 3.05) is 13.7 Å². The molecule has 0 saturated heterocycles. The van der Waals surface area contributed by atoms with Gasteiger partial charge in [0.1, 0.15) is 0 Å². The van der Waals surface area contributed by atoms with Gasteiger partial charge in [0.15, 0.2) is 0 Å². The van der Waals surface area contributed by atoms with Gasteiger partial charge in [0.05, 0.1) is 7.11 Å². The van der Waals surface area contributed by atoms with E-state index in [1.54, 1.807) is 0 Å². The van der Waals surface area contributed by atoms with Crippen LogP contribution in [0.25, 0.3) is 0 Å². The Bertz CT molecular complexity index is 466. The minimum atomic E-state index is -4.16. The lowest BCUT2D eigenvalue weighted by Gasteiger charge is -1.99. The number of unbranched alkanes of at least 4 members (excludes halogenated alkanes) is 11. The Morgan fingerprint density at radius 2 is 1.20 bits per heavy atom. The van der Waals surface area contributed by atoms with E-state index in [1.165, 1.54) is 70.6 Å². The van der Waals surface area contributed by atoms with E-state index in [4.69, 9.17) is 16.0 Å². The monoisotopic (exact) mass is 452 g/mol. The van der Waals surface area contributed by atoms with Gasteiger partial charge in [-0.05, 0) is 45.1 Å². The Hall–Kier alpha value is -0.960. The van der Waals surface area contributed by atoms with E-state index in [-0.39, 0.29) is 5.91 Å². The van der Waals surface area contributed by atoms with Gasteiger partial charge in [-0.2, -0.15) is 8.42 Å². The van der Waals surface area contributed by atoms with Crippen LogP contribution in [0.5, 0.6) is 0 Å². The van der Waals surface area contributed by atoms with Gasteiger partial charge in [-0.3, -0.25) is 13.5 Å². The predicted octanol–water partition coefficient (Wildman–Crippen LogP) is 5.30. The summed E-state index contributed by atoms with van der Waals surface area (Å²) in [6.45, 7) is 5.14. The fraction of sp³-hybridized carbons (Fsp3) is 0.864. The van der Waals surface area contributed by atoms with Gasteiger partial charge >= 0.3 is 10.4 Å². The van der Waals surface area contributed by atoms with Crippen molar-refractivity contribution in [2.24, 2.45) is 11.5 Å². The predicted molar refractivity (Wildman–Crippen MR) is 127 cm³/mol. The van der Waals surface area contributed by atoms with Crippen LogP contribution in [0.2, 0.25) is 0 Å². The normalized spacial score (nSPS) is 10.8. The molecule has 0 heterocycles. The zero-order valence-corrected chi connectivity index (χ0v) is 20.4. The van der Waals surface area contributed by atoms with Crippen LogP contribution in [0.1, 0.15) is 110 Å². The highest BCUT2D eigenvalue weighted by Crippen LogP contribution is 2.09. The van der Waals surface area contributed by atoms with E-state index < -0.39 is 10.4 Å². The number of hydrogen-bond acceptors (Lipinski definition) is 5. The second kappa shape index (κ2) is 28.0. The third kappa shape index (κ3) is 45.7. The summed E-state index contributed by atoms with van der Waals surface area (Å²) in [5.41, 5.74) is 10.1. The Kier molecular flexibility index (Phi) is 31.5. The maximum Gasteiger partial charge on any atom is 0.397 e. The van der Waals surface area contributed by atoms with Crippen LogP contribution in [0.15, 0.2) is 12.2 Å². The molecule has 0 aliphatic carbocycles. The third-order valence-electron chi connectivity index (χ3n) is 4.18. The van der Waals surface area contributed by atoms with Gasteiger partial charge in [-0.15, -0.1) is 0 Å². The van der Waals surface area contributed by atoms with E-state index in [2.05, 4.69) is 30.2 Å². The van der Waals surface area contributed by atoms with Crippen molar-refractivity contribution in [2.45, 2.75) is 110 Å². The zero-order valence-electron chi connectivity index (χ0n) is 19.6. The quantitative estimate of drug-likeness (QED) is 0.156. The molecule has 0 atom stereocenters. The van der Waals surface area contributed by atoms with E-state index >= 15 is 0 Å². The lowest BCUT2D eigenvalue weighted by atomic mass is 10.1. The second-order valence-electron chi connectivity index (χ2n) is 7.18. The Morgan fingerprint density at radius 1 is 0.833 bits per heavy atom. The topological polar surface area (TPSA) is 133 Å². The molecule has 0 bridgehead atoms. The second-order valence-corrected chi connectivity index (χ2v) is 8.37. The minimum absolute atomic E-state index is 0.164. The molecule has 0 aliphatic rings. The average Bonchev–Trinajstić information content (AvgIpc) is 2.70. The number of rotatable bonds is 17. The summed E-state index contributed by atoms with van der Waals surface area (Å²) in [6.07, 6.45) is 23.0. The van der Waals surface area contributed by atoms with Crippen LogP contribution in [-0.2, 0) is 19.4 Å². The molecule has 182 valence electrons. The van der Waals surface area contributed by atoms with Crippen molar-refractivity contribution >= 4 is 16.3 Å². The van der Waals surface area contributed by atoms with E-state index in [1.807, 2.05) is 0 Å². The molecule has 0 aromatic heterocycles. The first-order valence-electron chi connectivity index (χ1n) is 11.4. The molecule has 5 N–H and O–H groups in total. The highest BCUT2D eigenvalue weighted by Gasteiger charge is 1.95. The molecule has 0 spiro atoms. The van der Waals surface area contributed by atoms with Gasteiger partial charge in [0.2, 0.25) is 5.91 Å². The van der Waals surface area contributed by atoms with Gasteiger partial charge in [-0.25, -0.2) is 0 Å². The van der Waals surface area contributed by atoms with Crippen molar-refractivity contribution < 1.29 is 21.9 Å². The fourth-order valence-corrected chi connectivity index (χ4v) is 2.37. The van der Waals surface area contributed by atoms with Gasteiger partial charge in [0, 0.05) is 6.42 Å². The third-order valence-corrected chi connectivity index (χ3v) is 4.61.